The topological polar surface area (TPSA) is 24.9 Å². The molecule has 1 N–H and O–H groups in total. The van der Waals surface area contributed by atoms with Crippen molar-refractivity contribution in [2.75, 3.05) is 13.6 Å². The first kappa shape index (κ1) is 13.7. The SMILES string of the molecule is CCCCC(CC)(CNC)Cc1cscn1. The van der Waals surface area contributed by atoms with E-state index in [1.54, 1.807) is 11.3 Å². The fourth-order valence-electron chi connectivity index (χ4n) is 2.30. The molecule has 1 rings (SSSR count). The minimum atomic E-state index is 0.402. The van der Waals surface area contributed by atoms with Crippen LogP contribution in [0.4, 0.5) is 0 Å². The third kappa shape index (κ3) is 3.87. The summed E-state index contributed by atoms with van der Waals surface area (Å²) in [7, 11) is 2.05. The van der Waals surface area contributed by atoms with E-state index < -0.39 is 0 Å². The molecule has 0 aliphatic heterocycles. The molecule has 3 heteroatoms. The predicted molar refractivity (Wildman–Crippen MR) is 72.0 cm³/mol. The van der Waals surface area contributed by atoms with Gasteiger partial charge in [-0.2, -0.15) is 0 Å². The molecule has 1 atom stereocenters. The normalized spacial score (nSPS) is 14.9. The lowest BCUT2D eigenvalue weighted by atomic mass is 9.76. The van der Waals surface area contributed by atoms with Gasteiger partial charge < -0.3 is 5.32 Å². The minimum absolute atomic E-state index is 0.402. The molecule has 0 aromatic carbocycles. The molecule has 0 aliphatic rings. The van der Waals surface area contributed by atoms with Gasteiger partial charge in [0.1, 0.15) is 0 Å². The zero-order valence-electron chi connectivity index (χ0n) is 10.8. The van der Waals surface area contributed by atoms with Gasteiger partial charge in [-0.25, -0.2) is 4.98 Å². The molecule has 92 valence electrons. The minimum Gasteiger partial charge on any atom is -0.319 e. The Hall–Kier alpha value is -0.410. The highest BCUT2D eigenvalue weighted by molar-refractivity contribution is 7.07. The van der Waals surface area contributed by atoms with Crippen LogP contribution in [0.25, 0.3) is 0 Å². The number of unbranched alkanes of at least 4 members (excludes halogenated alkanes) is 1. The van der Waals surface area contributed by atoms with Crippen molar-refractivity contribution in [1.29, 1.82) is 0 Å². The van der Waals surface area contributed by atoms with Crippen LogP contribution in [0, 0.1) is 5.41 Å². The molecule has 0 bridgehead atoms. The standard InChI is InChI=1S/C13H24N2S/c1-4-6-7-13(5-2,10-14-3)8-12-9-16-11-15-12/h9,11,14H,4-8,10H2,1-3H3. The second-order valence-electron chi connectivity index (χ2n) is 4.64. The molecule has 16 heavy (non-hydrogen) atoms. The summed E-state index contributed by atoms with van der Waals surface area (Å²) < 4.78 is 0. The van der Waals surface area contributed by atoms with Gasteiger partial charge in [0, 0.05) is 11.9 Å². The van der Waals surface area contributed by atoms with Gasteiger partial charge >= 0.3 is 0 Å². The highest BCUT2D eigenvalue weighted by Crippen LogP contribution is 2.32. The molecule has 0 saturated heterocycles. The van der Waals surface area contributed by atoms with Crippen molar-refractivity contribution in [2.24, 2.45) is 5.41 Å². The second kappa shape index (κ2) is 7.02. The van der Waals surface area contributed by atoms with E-state index >= 15 is 0 Å². The molecule has 0 radical (unpaired) electrons. The van der Waals surface area contributed by atoms with E-state index in [1.807, 2.05) is 5.51 Å². The van der Waals surface area contributed by atoms with Crippen LogP contribution in [0.3, 0.4) is 0 Å². The fourth-order valence-corrected chi connectivity index (χ4v) is 2.86. The number of thiazole rings is 1. The van der Waals surface area contributed by atoms with Gasteiger partial charge in [0.15, 0.2) is 0 Å². The average Bonchev–Trinajstić information content (AvgIpc) is 2.79. The maximum atomic E-state index is 4.43. The van der Waals surface area contributed by atoms with Gasteiger partial charge in [-0.3, -0.25) is 0 Å². The van der Waals surface area contributed by atoms with Crippen LogP contribution in [0.2, 0.25) is 0 Å². The van der Waals surface area contributed by atoms with Crippen LogP contribution in [-0.4, -0.2) is 18.6 Å². The smallest absolute Gasteiger partial charge is 0.0794 e. The number of hydrogen-bond acceptors (Lipinski definition) is 3. The number of rotatable bonds is 8. The molecule has 0 spiro atoms. The van der Waals surface area contributed by atoms with Crippen LogP contribution in [0.15, 0.2) is 10.9 Å². The van der Waals surface area contributed by atoms with Crippen molar-refractivity contribution >= 4 is 11.3 Å². The highest BCUT2D eigenvalue weighted by atomic mass is 32.1. The van der Waals surface area contributed by atoms with E-state index in [4.69, 9.17) is 0 Å². The Kier molecular flexibility index (Phi) is 5.99. The summed E-state index contributed by atoms with van der Waals surface area (Å²) in [5, 5.41) is 5.54. The molecule has 1 heterocycles. The van der Waals surface area contributed by atoms with Gasteiger partial charge in [0.2, 0.25) is 0 Å². The van der Waals surface area contributed by atoms with Crippen molar-refractivity contribution in [3.63, 3.8) is 0 Å². The summed E-state index contributed by atoms with van der Waals surface area (Å²) in [6.07, 6.45) is 6.25. The second-order valence-corrected chi connectivity index (χ2v) is 5.36. The Labute approximate surface area is 103 Å². The molecular weight excluding hydrogens is 216 g/mol. The Morgan fingerprint density at radius 2 is 2.25 bits per heavy atom. The van der Waals surface area contributed by atoms with Crippen LogP contribution in [0.5, 0.6) is 0 Å². The Morgan fingerprint density at radius 1 is 1.44 bits per heavy atom. The first-order valence-corrected chi connectivity index (χ1v) is 7.22. The zero-order valence-corrected chi connectivity index (χ0v) is 11.6. The van der Waals surface area contributed by atoms with Gasteiger partial charge in [0.05, 0.1) is 11.2 Å². The molecule has 1 unspecified atom stereocenters. The molecular formula is C13H24N2S. The summed E-state index contributed by atoms with van der Waals surface area (Å²) in [5.41, 5.74) is 3.60. The van der Waals surface area contributed by atoms with Gasteiger partial charge in [-0.1, -0.05) is 26.7 Å². The van der Waals surface area contributed by atoms with Crippen LogP contribution < -0.4 is 5.32 Å². The summed E-state index contributed by atoms with van der Waals surface area (Å²) in [5.74, 6) is 0. The van der Waals surface area contributed by atoms with E-state index in [0.717, 1.165) is 13.0 Å². The molecule has 0 saturated carbocycles. The molecule has 0 fully saturated rings. The average molecular weight is 240 g/mol. The summed E-state index contributed by atoms with van der Waals surface area (Å²) in [6.45, 7) is 5.67. The largest absolute Gasteiger partial charge is 0.319 e. The van der Waals surface area contributed by atoms with Crippen molar-refractivity contribution in [2.45, 2.75) is 46.0 Å². The van der Waals surface area contributed by atoms with Gasteiger partial charge in [0.25, 0.3) is 0 Å². The first-order chi connectivity index (χ1) is 7.76. The van der Waals surface area contributed by atoms with Crippen LogP contribution in [0.1, 0.15) is 45.2 Å². The summed E-state index contributed by atoms with van der Waals surface area (Å²) in [6, 6.07) is 0. The third-order valence-corrected chi connectivity index (χ3v) is 4.04. The third-order valence-electron chi connectivity index (χ3n) is 3.40. The molecule has 1 aromatic heterocycles. The van der Waals surface area contributed by atoms with Gasteiger partial charge in [-0.05, 0) is 31.7 Å². The lowest BCUT2D eigenvalue weighted by Gasteiger charge is -2.32. The molecule has 2 nitrogen and oxygen atoms in total. The Balaban J connectivity index is 2.67. The summed E-state index contributed by atoms with van der Waals surface area (Å²) in [4.78, 5) is 4.43. The first-order valence-electron chi connectivity index (χ1n) is 6.28. The molecule has 0 aliphatic carbocycles. The van der Waals surface area contributed by atoms with E-state index in [0.29, 0.717) is 5.41 Å². The number of nitrogens with zero attached hydrogens (tertiary/aromatic N) is 1. The Morgan fingerprint density at radius 3 is 2.75 bits per heavy atom. The van der Waals surface area contributed by atoms with E-state index in [1.165, 1.54) is 31.4 Å². The predicted octanol–water partition coefficient (Wildman–Crippen LogP) is 3.49. The van der Waals surface area contributed by atoms with Crippen molar-refractivity contribution < 1.29 is 0 Å². The van der Waals surface area contributed by atoms with Crippen molar-refractivity contribution in [3.05, 3.63) is 16.6 Å². The van der Waals surface area contributed by atoms with Gasteiger partial charge in [-0.15, -0.1) is 11.3 Å². The van der Waals surface area contributed by atoms with E-state index in [-0.39, 0.29) is 0 Å². The summed E-state index contributed by atoms with van der Waals surface area (Å²) >= 11 is 1.70. The number of aromatic nitrogens is 1. The Bertz CT molecular complexity index is 271. The monoisotopic (exact) mass is 240 g/mol. The van der Waals surface area contributed by atoms with Crippen molar-refractivity contribution in [1.82, 2.24) is 10.3 Å². The van der Waals surface area contributed by atoms with Crippen LogP contribution in [-0.2, 0) is 6.42 Å². The molecule has 1 aromatic rings. The highest BCUT2D eigenvalue weighted by Gasteiger charge is 2.27. The number of hydrogen-bond donors (Lipinski definition) is 1. The van der Waals surface area contributed by atoms with Crippen molar-refractivity contribution in [3.8, 4) is 0 Å². The lowest BCUT2D eigenvalue weighted by Crippen LogP contribution is -2.34. The fraction of sp³-hybridized carbons (Fsp3) is 0.769. The molecule has 0 amide bonds. The maximum Gasteiger partial charge on any atom is 0.0794 e. The van der Waals surface area contributed by atoms with Crippen LogP contribution >= 0.6 is 11.3 Å². The lowest BCUT2D eigenvalue weighted by molar-refractivity contribution is 0.233. The zero-order chi connectivity index (χ0) is 11.9. The van der Waals surface area contributed by atoms with E-state index in [9.17, 15) is 0 Å². The maximum absolute atomic E-state index is 4.43. The number of nitrogens with one attached hydrogen (secondary N) is 1. The quantitative estimate of drug-likeness (QED) is 0.752. The van der Waals surface area contributed by atoms with E-state index in [2.05, 4.69) is 36.6 Å².